The van der Waals surface area contributed by atoms with Crippen molar-refractivity contribution in [1.29, 1.82) is 0 Å². The van der Waals surface area contributed by atoms with Crippen molar-refractivity contribution in [3.05, 3.63) is 59.2 Å². The van der Waals surface area contributed by atoms with E-state index >= 15 is 0 Å². The lowest BCUT2D eigenvalue weighted by Gasteiger charge is -2.29. The van der Waals surface area contributed by atoms with Crippen LogP contribution in [0.1, 0.15) is 50.3 Å². The van der Waals surface area contributed by atoms with Crippen LogP contribution in [-0.4, -0.2) is 36.4 Å². The first-order valence-corrected chi connectivity index (χ1v) is 11.1. The molecule has 1 unspecified atom stereocenters. The first-order valence-electron chi connectivity index (χ1n) is 10.7. The lowest BCUT2D eigenvalue weighted by molar-refractivity contribution is 0.0905. The Hall–Kier alpha value is -2.11. The molecule has 1 atom stereocenters. The second-order valence-electron chi connectivity index (χ2n) is 9.10. The van der Waals surface area contributed by atoms with Crippen LogP contribution in [0.2, 0.25) is 0 Å². The largest absolute Gasteiger partial charge is 0.495 e. The van der Waals surface area contributed by atoms with Gasteiger partial charge in [0.1, 0.15) is 5.75 Å². The fraction of sp³-hybridized carbons (Fsp3) is 0.480. The first-order chi connectivity index (χ1) is 14.3. The SMILES string of the molecule is COc1ccc(C)cc1NC(=S)N(Cc1ccc(C(C)(C)C)cc1)CC1CCCO1. The van der Waals surface area contributed by atoms with Crippen molar-refractivity contribution < 1.29 is 9.47 Å². The van der Waals surface area contributed by atoms with Crippen LogP contribution in [0.25, 0.3) is 0 Å². The fourth-order valence-electron chi connectivity index (χ4n) is 3.70. The van der Waals surface area contributed by atoms with Gasteiger partial charge in [0, 0.05) is 19.7 Å². The highest BCUT2D eigenvalue weighted by atomic mass is 32.1. The average molecular weight is 427 g/mol. The Kier molecular flexibility index (Phi) is 7.37. The van der Waals surface area contributed by atoms with Gasteiger partial charge >= 0.3 is 0 Å². The first kappa shape index (κ1) is 22.6. The number of methoxy groups -OCH3 is 1. The molecule has 0 saturated carbocycles. The van der Waals surface area contributed by atoms with E-state index in [-0.39, 0.29) is 11.5 Å². The Bertz CT molecular complexity index is 852. The van der Waals surface area contributed by atoms with Crippen molar-refractivity contribution in [1.82, 2.24) is 4.90 Å². The molecule has 1 saturated heterocycles. The van der Waals surface area contributed by atoms with E-state index in [9.17, 15) is 0 Å². The van der Waals surface area contributed by atoms with Crippen LogP contribution < -0.4 is 10.1 Å². The van der Waals surface area contributed by atoms with E-state index in [1.165, 1.54) is 11.1 Å². The Morgan fingerprint density at radius 3 is 2.53 bits per heavy atom. The summed E-state index contributed by atoms with van der Waals surface area (Å²) in [6.07, 6.45) is 2.42. The third-order valence-corrected chi connectivity index (χ3v) is 5.89. The molecule has 0 radical (unpaired) electrons. The maximum atomic E-state index is 5.90. The molecule has 162 valence electrons. The predicted molar refractivity (Wildman–Crippen MR) is 128 cm³/mol. The monoisotopic (exact) mass is 426 g/mol. The lowest BCUT2D eigenvalue weighted by Crippen LogP contribution is -2.39. The zero-order chi connectivity index (χ0) is 21.7. The lowest BCUT2D eigenvalue weighted by atomic mass is 9.87. The molecule has 0 amide bonds. The van der Waals surface area contributed by atoms with Gasteiger partial charge in [-0.2, -0.15) is 0 Å². The summed E-state index contributed by atoms with van der Waals surface area (Å²) in [5, 5.41) is 4.10. The van der Waals surface area contributed by atoms with Crippen molar-refractivity contribution in [3.8, 4) is 5.75 Å². The van der Waals surface area contributed by atoms with Crippen LogP contribution in [0.4, 0.5) is 5.69 Å². The smallest absolute Gasteiger partial charge is 0.173 e. The van der Waals surface area contributed by atoms with E-state index in [0.29, 0.717) is 5.11 Å². The molecule has 0 aliphatic carbocycles. The number of ether oxygens (including phenoxy) is 2. The normalized spacial score (nSPS) is 16.4. The molecule has 1 fully saturated rings. The molecule has 1 N–H and O–H groups in total. The highest BCUT2D eigenvalue weighted by Gasteiger charge is 2.22. The van der Waals surface area contributed by atoms with E-state index in [2.05, 4.69) is 68.2 Å². The van der Waals surface area contributed by atoms with Gasteiger partial charge in [0.15, 0.2) is 5.11 Å². The maximum Gasteiger partial charge on any atom is 0.173 e. The highest BCUT2D eigenvalue weighted by molar-refractivity contribution is 7.80. The standard InChI is InChI=1S/C25H34N2O2S/c1-18-8-13-23(28-5)22(15-18)26-24(30)27(17-21-7-6-14-29-21)16-19-9-11-20(12-10-19)25(2,3)4/h8-13,15,21H,6-7,14,16-17H2,1-5H3,(H,26,30). The number of rotatable bonds is 6. The molecule has 0 bridgehead atoms. The van der Waals surface area contributed by atoms with Crippen molar-refractivity contribution in [3.63, 3.8) is 0 Å². The number of nitrogens with one attached hydrogen (secondary N) is 1. The van der Waals surface area contributed by atoms with Crippen molar-refractivity contribution >= 4 is 23.0 Å². The molecule has 2 aromatic carbocycles. The molecule has 1 heterocycles. The molecule has 0 spiro atoms. The van der Waals surface area contributed by atoms with E-state index in [1.54, 1.807) is 7.11 Å². The van der Waals surface area contributed by atoms with Gasteiger partial charge in [-0.3, -0.25) is 0 Å². The van der Waals surface area contributed by atoms with Crippen molar-refractivity contribution in [2.75, 3.05) is 25.6 Å². The minimum absolute atomic E-state index is 0.147. The summed E-state index contributed by atoms with van der Waals surface area (Å²) in [5.41, 5.74) is 4.77. The molecular formula is C25H34N2O2S. The van der Waals surface area contributed by atoms with Crippen LogP contribution in [0.5, 0.6) is 5.75 Å². The fourth-order valence-corrected chi connectivity index (χ4v) is 3.95. The highest BCUT2D eigenvalue weighted by Crippen LogP contribution is 2.27. The molecular weight excluding hydrogens is 392 g/mol. The number of aryl methyl sites for hydroxylation is 1. The summed E-state index contributed by atoms with van der Waals surface area (Å²) < 4.78 is 11.4. The van der Waals surface area contributed by atoms with Gasteiger partial charge in [-0.05, 0) is 66.2 Å². The number of nitrogens with zero attached hydrogens (tertiary/aromatic N) is 1. The Morgan fingerprint density at radius 2 is 1.93 bits per heavy atom. The minimum atomic E-state index is 0.147. The molecule has 1 aliphatic rings. The average Bonchev–Trinajstić information content (AvgIpc) is 3.20. The summed E-state index contributed by atoms with van der Waals surface area (Å²) in [6.45, 7) is 11.1. The van der Waals surface area contributed by atoms with Gasteiger partial charge in [-0.15, -0.1) is 0 Å². The number of thiocarbonyl (C=S) groups is 1. The third-order valence-electron chi connectivity index (χ3n) is 5.53. The van der Waals surface area contributed by atoms with Gasteiger partial charge in [-0.25, -0.2) is 0 Å². The third kappa shape index (κ3) is 5.96. The number of benzene rings is 2. The number of hydrogen-bond donors (Lipinski definition) is 1. The van der Waals surface area contributed by atoms with Crippen LogP contribution in [0.15, 0.2) is 42.5 Å². The van der Waals surface area contributed by atoms with Crippen molar-refractivity contribution in [2.24, 2.45) is 0 Å². The van der Waals surface area contributed by atoms with E-state index in [1.807, 2.05) is 12.1 Å². The Balaban J connectivity index is 1.78. The summed E-state index contributed by atoms with van der Waals surface area (Å²) in [7, 11) is 1.68. The summed E-state index contributed by atoms with van der Waals surface area (Å²) in [4.78, 5) is 2.21. The molecule has 0 aromatic heterocycles. The summed E-state index contributed by atoms with van der Waals surface area (Å²) in [5.74, 6) is 0.787. The Labute approximate surface area is 186 Å². The van der Waals surface area contributed by atoms with Gasteiger partial charge in [0.05, 0.1) is 18.9 Å². The molecule has 5 heteroatoms. The van der Waals surface area contributed by atoms with E-state index < -0.39 is 0 Å². The molecule has 3 rings (SSSR count). The van der Waals surface area contributed by atoms with Gasteiger partial charge in [0.25, 0.3) is 0 Å². The second-order valence-corrected chi connectivity index (χ2v) is 9.48. The Morgan fingerprint density at radius 1 is 1.20 bits per heavy atom. The predicted octanol–water partition coefficient (Wildman–Crippen LogP) is 5.68. The van der Waals surface area contributed by atoms with Crippen LogP contribution >= 0.6 is 12.2 Å². The molecule has 4 nitrogen and oxygen atoms in total. The number of hydrogen-bond acceptors (Lipinski definition) is 3. The minimum Gasteiger partial charge on any atom is -0.495 e. The van der Waals surface area contributed by atoms with Crippen LogP contribution in [-0.2, 0) is 16.7 Å². The number of anilines is 1. The zero-order valence-electron chi connectivity index (χ0n) is 18.8. The van der Waals surface area contributed by atoms with E-state index in [0.717, 1.165) is 49.5 Å². The van der Waals surface area contributed by atoms with Gasteiger partial charge < -0.3 is 19.7 Å². The second kappa shape index (κ2) is 9.80. The molecule has 2 aromatic rings. The van der Waals surface area contributed by atoms with Gasteiger partial charge in [-0.1, -0.05) is 51.1 Å². The van der Waals surface area contributed by atoms with Crippen LogP contribution in [0, 0.1) is 6.92 Å². The topological polar surface area (TPSA) is 33.7 Å². The van der Waals surface area contributed by atoms with Gasteiger partial charge in [0.2, 0.25) is 0 Å². The molecule has 30 heavy (non-hydrogen) atoms. The summed E-state index contributed by atoms with van der Waals surface area (Å²) >= 11 is 5.83. The molecule has 1 aliphatic heterocycles. The maximum absolute atomic E-state index is 5.90. The summed E-state index contributed by atoms with van der Waals surface area (Å²) in [6, 6.07) is 14.9. The van der Waals surface area contributed by atoms with Crippen molar-refractivity contribution in [2.45, 2.75) is 58.6 Å². The van der Waals surface area contributed by atoms with E-state index in [4.69, 9.17) is 21.7 Å². The quantitative estimate of drug-likeness (QED) is 0.601. The van der Waals surface area contributed by atoms with Crippen LogP contribution in [0.3, 0.4) is 0 Å². The zero-order valence-corrected chi connectivity index (χ0v) is 19.6.